The fourth-order valence-electron chi connectivity index (χ4n) is 1.92. The molecule has 0 aliphatic heterocycles. The standard InChI is InChI=1S/C17H14BrN3O2/c18-14-7-5-12(6-8-14)17(23)21-15-4-2-1-3-13(15)11-20-16(22)9-10-19/h1-8H,9,11H2,(H,20,22)(H,21,23). The molecule has 5 nitrogen and oxygen atoms in total. The Balaban J connectivity index is 2.08. The van der Waals surface area contributed by atoms with Gasteiger partial charge in [0.2, 0.25) is 5.91 Å². The van der Waals surface area contributed by atoms with Gasteiger partial charge in [0, 0.05) is 22.3 Å². The number of hydrogen-bond acceptors (Lipinski definition) is 3. The lowest BCUT2D eigenvalue weighted by Gasteiger charge is -2.11. The summed E-state index contributed by atoms with van der Waals surface area (Å²) in [6.45, 7) is 0.247. The Kier molecular flexibility index (Phi) is 5.89. The quantitative estimate of drug-likeness (QED) is 0.846. The number of carbonyl (C=O) groups excluding carboxylic acids is 2. The Bertz CT molecular complexity index is 751. The van der Waals surface area contributed by atoms with E-state index in [1.165, 1.54) is 0 Å². The van der Waals surface area contributed by atoms with Crippen LogP contribution in [-0.2, 0) is 11.3 Å². The summed E-state index contributed by atoms with van der Waals surface area (Å²) in [5.41, 5.74) is 1.93. The van der Waals surface area contributed by atoms with Gasteiger partial charge in [0.05, 0.1) is 6.07 Å². The minimum atomic E-state index is -0.346. The summed E-state index contributed by atoms with van der Waals surface area (Å²) in [7, 11) is 0. The number of benzene rings is 2. The monoisotopic (exact) mass is 371 g/mol. The Hall–Kier alpha value is -2.65. The zero-order valence-electron chi connectivity index (χ0n) is 12.2. The first-order chi connectivity index (χ1) is 11.1. The second kappa shape index (κ2) is 8.11. The average Bonchev–Trinajstić information content (AvgIpc) is 2.55. The maximum Gasteiger partial charge on any atom is 0.255 e. The van der Waals surface area contributed by atoms with Gasteiger partial charge in [-0.3, -0.25) is 9.59 Å². The first kappa shape index (κ1) is 16.7. The number of nitrogens with zero attached hydrogens (tertiary/aromatic N) is 1. The van der Waals surface area contributed by atoms with Gasteiger partial charge in [-0.25, -0.2) is 0 Å². The summed E-state index contributed by atoms with van der Waals surface area (Å²) >= 11 is 3.32. The molecule has 2 N–H and O–H groups in total. The van der Waals surface area contributed by atoms with E-state index < -0.39 is 0 Å². The first-order valence-electron chi connectivity index (χ1n) is 6.88. The Labute approximate surface area is 142 Å². The normalized spacial score (nSPS) is 9.74. The molecule has 0 aromatic heterocycles. The molecule has 0 aliphatic carbocycles. The van der Waals surface area contributed by atoms with Crippen LogP contribution in [0.2, 0.25) is 0 Å². The van der Waals surface area contributed by atoms with Gasteiger partial charge in [-0.1, -0.05) is 34.1 Å². The highest BCUT2D eigenvalue weighted by Crippen LogP contribution is 2.17. The molecule has 2 aromatic carbocycles. The Morgan fingerprint density at radius 1 is 1.09 bits per heavy atom. The van der Waals surface area contributed by atoms with Crippen LogP contribution < -0.4 is 10.6 Å². The highest BCUT2D eigenvalue weighted by atomic mass is 79.9. The van der Waals surface area contributed by atoms with Gasteiger partial charge < -0.3 is 10.6 Å². The third-order valence-corrected chi connectivity index (χ3v) is 3.62. The van der Waals surface area contributed by atoms with Gasteiger partial charge in [0.15, 0.2) is 0 Å². The number of nitriles is 1. The van der Waals surface area contributed by atoms with Crippen molar-refractivity contribution in [1.29, 1.82) is 5.26 Å². The van der Waals surface area contributed by atoms with Crippen LogP contribution in [0, 0.1) is 11.3 Å². The molecule has 0 spiro atoms. The average molecular weight is 372 g/mol. The Morgan fingerprint density at radius 3 is 2.48 bits per heavy atom. The Morgan fingerprint density at radius 2 is 1.78 bits per heavy atom. The topological polar surface area (TPSA) is 82.0 Å². The summed E-state index contributed by atoms with van der Waals surface area (Å²) in [5.74, 6) is -0.574. The van der Waals surface area contributed by atoms with E-state index in [4.69, 9.17) is 5.26 Å². The predicted octanol–water partition coefficient (Wildman–Crippen LogP) is 3.23. The largest absolute Gasteiger partial charge is 0.351 e. The van der Waals surface area contributed by atoms with Gasteiger partial charge in [0.25, 0.3) is 5.91 Å². The second-order valence-corrected chi connectivity index (χ2v) is 5.65. The molecular weight excluding hydrogens is 358 g/mol. The van der Waals surface area contributed by atoms with Crippen molar-refractivity contribution in [3.8, 4) is 6.07 Å². The highest BCUT2D eigenvalue weighted by Gasteiger charge is 2.09. The van der Waals surface area contributed by atoms with Crippen molar-refractivity contribution >= 4 is 33.4 Å². The molecule has 0 heterocycles. The lowest BCUT2D eigenvalue weighted by Crippen LogP contribution is -2.23. The molecule has 0 unspecified atom stereocenters. The molecule has 116 valence electrons. The zero-order valence-corrected chi connectivity index (χ0v) is 13.8. The van der Waals surface area contributed by atoms with Gasteiger partial charge >= 0.3 is 0 Å². The van der Waals surface area contributed by atoms with Crippen molar-refractivity contribution in [3.05, 3.63) is 64.1 Å². The van der Waals surface area contributed by atoms with Gasteiger partial charge in [-0.2, -0.15) is 5.26 Å². The van der Waals surface area contributed by atoms with E-state index in [9.17, 15) is 9.59 Å². The minimum Gasteiger partial charge on any atom is -0.351 e. The van der Waals surface area contributed by atoms with Crippen LogP contribution in [0.5, 0.6) is 0 Å². The molecule has 6 heteroatoms. The zero-order chi connectivity index (χ0) is 16.7. The van der Waals surface area contributed by atoms with Gasteiger partial charge in [0.1, 0.15) is 6.42 Å². The first-order valence-corrected chi connectivity index (χ1v) is 7.68. The van der Waals surface area contributed by atoms with Crippen LogP contribution >= 0.6 is 15.9 Å². The van der Waals surface area contributed by atoms with E-state index in [1.807, 2.05) is 12.1 Å². The SMILES string of the molecule is N#CCC(=O)NCc1ccccc1NC(=O)c1ccc(Br)cc1. The van der Waals surface area contributed by atoms with E-state index in [1.54, 1.807) is 42.5 Å². The van der Waals surface area contributed by atoms with E-state index in [2.05, 4.69) is 26.6 Å². The number of rotatable bonds is 5. The van der Waals surface area contributed by atoms with E-state index in [-0.39, 0.29) is 24.8 Å². The molecule has 0 saturated heterocycles. The van der Waals surface area contributed by atoms with Crippen LogP contribution in [0.1, 0.15) is 22.3 Å². The van der Waals surface area contributed by atoms with E-state index in [0.717, 1.165) is 10.0 Å². The fraction of sp³-hybridized carbons (Fsp3) is 0.118. The lowest BCUT2D eigenvalue weighted by molar-refractivity contribution is -0.120. The van der Waals surface area contributed by atoms with Crippen molar-refractivity contribution in [2.24, 2.45) is 0 Å². The van der Waals surface area contributed by atoms with Crippen molar-refractivity contribution in [2.45, 2.75) is 13.0 Å². The molecule has 23 heavy (non-hydrogen) atoms. The highest BCUT2D eigenvalue weighted by molar-refractivity contribution is 9.10. The van der Waals surface area contributed by atoms with Crippen LogP contribution in [0.3, 0.4) is 0 Å². The summed E-state index contributed by atoms with van der Waals surface area (Å²) in [6.07, 6.45) is -0.187. The summed E-state index contributed by atoms with van der Waals surface area (Å²) in [6, 6.07) is 16.0. The summed E-state index contributed by atoms with van der Waals surface area (Å²) in [4.78, 5) is 23.6. The number of halogens is 1. The smallest absolute Gasteiger partial charge is 0.255 e. The van der Waals surface area contributed by atoms with Crippen LogP contribution in [0.4, 0.5) is 5.69 Å². The number of amides is 2. The molecular formula is C17H14BrN3O2. The molecule has 0 atom stereocenters. The van der Waals surface area contributed by atoms with Crippen LogP contribution in [0.15, 0.2) is 53.0 Å². The molecule has 2 rings (SSSR count). The van der Waals surface area contributed by atoms with E-state index in [0.29, 0.717) is 11.3 Å². The second-order valence-electron chi connectivity index (χ2n) is 4.73. The van der Waals surface area contributed by atoms with E-state index >= 15 is 0 Å². The third kappa shape index (κ3) is 4.94. The number of carbonyl (C=O) groups is 2. The number of nitrogens with one attached hydrogen (secondary N) is 2. The molecule has 0 fully saturated rings. The maximum absolute atomic E-state index is 12.3. The summed E-state index contributed by atoms with van der Waals surface area (Å²) < 4.78 is 0.898. The summed E-state index contributed by atoms with van der Waals surface area (Å²) in [5, 5.41) is 14.0. The van der Waals surface area contributed by atoms with Crippen molar-refractivity contribution in [3.63, 3.8) is 0 Å². The van der Waals surface area contributed by atoms with Gasteiger partial charge in [-0.15, -0.1) is 0 Å². The lowest BCUT2D eigenvalue weighted by atomic mass is 10.1. The molecule has 2 amide bonds. The minimum absolute atomic E-state index is 0.187. The number of para-hydroxylation sites is 1. The maximum atomic E-state index is 12.3. The fourth-order valence-corrected chi connectivity index (χ4v) is 2.18. The molecule has 2 aromatic rings. The molecule has 0 radical (unpaired) electrons. The molecule has 0 aliphatic rings. The van der Waals surface area contributed by atoms with Crippen LogP contribution in [-0.4, -0.2) is 11.8 Å². The number of anilines is 1. The third-order valence-electron chi connectivity index (χ3n) is 3.09. The predicted molar refractivity (Wildman–Crippen MR) is 90.6 cm³/mol. The van der Waals surface area contributed by atoms with Crippen LogP contribution in [0.25, 0.3) is 0 Å². The molecule has 0 bridgehead atoms. The van der Waals surface area contributed by atoms with Crippen molar-refractivity contribution < 1.29 is 9.59 Å². The van der Waals surface area contributed by atoms with Crippen molar-refractivity contribution in [1.82, 2.24) is 5.32 Å². The van der Waals surface area contributed by atoms with Gasteiger partial charge in [-0.05, 0) is 35.9 Å². The number of hydrogen-bond donors (Lipinski definition) is 2. The van der Waals surface area contributed by atoms with Crippen molar-refractivity contribution in [2.75, 3.05) is 5.32 Å². The molecule has 0 saturated carbocycles.